The summed E-state index contributed by atoms with van der Waals surface area (Å²) in [6.07, 6.45) is 0.155. The molecule has 1 aliphatic rings. The second-order valence-electron chi connectivity index (χ2n) is 6.42. The van der Waals surface area contributed by atoms with E-state index in [2.05, 4.69) is 10.2 Å². The van der Waals surface area contributed by atoms with Gasteiger partial charge in [0.25, 0.3) is 0 Å². The molecule has 0 bridgehead atoms. The maximum Gasteiger partial charge on any atom is 0.142 e. The number of nitrogens with zero attached hydrogens (tertiary/aromatic N) is 1. The van der Waals surface area contributed by atoms with Crippen molar-refractivity contribution < 1.29 is 10.2 Å². The molecule has 4 nitrogen and oxygen atoms in total. The third kappa shape index (κ3) is 3.68. The summed E-state index contributed by atoms with van der Waals surface area (Å²) in [7, 11) is 0. The van der Waals surface area contributed by atoms with Gasteiger partial charge in [-0.1, -0.05) is 60.7 Å². The van der Waals surface area contributed by atoms with Crippen LogP contribution in [0.3, 0.4) is 0 Å². The number of hydrogen-bond acceptors (Lipinski definition) is 4. The fraction of sp³-hybridized carbons (Fsp3) is 0.400. The highest BCUT2D eigenvalue weighted by atomic mass is 16.3. The molecule has 4 heteroatoms. The maximum absolute atomic E-state index is 11.5. The van der Waals surface area contributed by atoms with Crippen molar-refractivity contribution in [1.82, 2.24) is 10.2 Å². The van der Waals surface area contributed by atoms with Crippen LogP contribution in [0, 0.1) is 0 Å². The van der Waals surface area contributed by atoms with Crippen LogP contribution in [-0.4, -0.2) is 53.9 Å². The summed E-state index contributed by atoms with van der Waals surface area (Å²) < 4.78 is 0. The average molecular weight is 326 g/mol. The summed E-state index contributed by atoms with van der Waals surface area (Å²) in [5.41, 5.74) is 0.0238. The van der Waals surface area contributed by atoms with Gasteiger partial charge in [0.2, 0.25) is 0 Å². The number of hydrogen-bond donors (Lipinski definition) is 3. The van der Waals surface area contributed by atoms with E-state index in [0.717, 1.165) is 43.7 Å². The van der Waals surface area contributed by atoms with E-state index in [0.29, 0.717) is 6.54 Å². The Labute approximate surface area is 143 Å². The zero-order chi connectivity index (χ0) is 16.8. The molecule has 2 aromatic rings. The molecule has 1 fully saturated rings. The third-order valence-electron chi connectivity index (χ3n) is 4.77. The molecule has 2 aromatic carbocycles. The summed E-state index contributed by atoms with van der Waals surface area (Å²) in [6.45, 7) is 4.19. The first-order valence-corrected chi connectivity index (χ1v) is 8.66. The molecule has 0 aromatic heterocycles. The smallest absolute Gasteiger partial charge is 0.142 e. The first-order chi connectivity index (χ1) is 11.7. The number of aliphatic hydroxyl groups is 2. The van der Waals surface area contributed by atoms with Crippen molar-refractivity contribution >= 4 is 0 Å². The van der Waals surface area contributed by atoms with Crippen LogP contribution in [-0.2, 0) is 5.60 Å². The minimum atomic E-state index is -1.41. The number of nitrogens with one attached hydrogen (secondary N) is 1. The number of β-amino-alcohol motifs (C(OH)–C–C–N with tert-alkyl or cyclic N) is 1. The zero-order valence-electron chi connectivity index (χ0n) is 13.9. The summed E-state index contributed by atoms with van der Waals surface area (Å²) in [6, 6.07) is 18.9. The lowest BCUT2D eigenvalue weighted by Crippen LogP contribution is -2.48. The molecular formula is C20H26N2O2. The summed E-state index contributed by atoms with van der Waals surface area (Å²) in [4.78, 5) is 2.22. The van der Waals surface area contributed by atoms with Gasteiger partial charge in [0, 0.05) is 19.6 Å². The monoisotopic (exact) mass is 326 g/mol. The number of rotatable bonds is 5. The highest BCUT2D eigenvalue weighted by molar-refractivity contribution is 5.37. The predicted octanol–water partition coefficient (Wildman–Crippen LogP) is 1.58. The largest absolute Gasteiger partial charge is 0.388 e. The molecule has 0 radical (unpaired) electrons. The highest BCUT2D eigenvalue weighted by Crippen LogP contribution is 2.33. The molecule has 0 aliphatic carbocycles. The van der Waals surface area contributed by atoms with Crippen molar-refractivity contribution in [3.8, 4) is 0 Å². The van der Waals surface area contributed by atoms with Gasteiger partial charge in [0.05, 0.1) is 0 Å². The quantitative estimate of drug-likeness (QED) is 0.781. The molecule has 1 atom stereocenters. The molecule has 1 aliphatic heterocycles. The Hall–Kier alpha value is -1.72. The average Bonchev–Trinajstić information content (AvgIpc) is 2.91. The fourth-order valence-electron chi connectivity index (χ4n) is 3.40. The summed E-state index contributed by atoms with van der Waals surface area (Å²) in [5.74, 6) is 0. The van der Waals surface area contributed by atoms with Crippen LogP contribution in [0.1, 0.15) is 17.5 Å². The van der Waals surface area contributed by atoms with E-state index in [1.165, 1.54) is 0 Å². The van der Waals surface area contributed by atoms with Crippen molar-refractivity contribution in [2.45, 2.75) is 18.1 Å². The minimum Gasteiger partial charge on any atom is -0.388 e. The highest BCUT2D eigenvalue weighted by Gasteiger charge is 2.40. The Bertz CT molecular complexity index is 571. The molecule has 1 heterocycles. The number of aliphatic hydroxyl groups excluding tert-OH is 1. The minimum absolute atomic E-state index is 0.446. The second kappa shape index (κ2) is 7.90. The van der Waals surface area contributed by atoms with Crippen LogP contribution in [0.15, 0.2) is 60.7 Å². The van der Waals surface area contributed by atoms with Crippen molar-refractivity contribution in [2.24, 2.45) is 0 Å². The van der Waals surface area contributed by atoms with Crippen LogP contribution in [0.2, 0.25) is 0 Å². The van der Waals surface area contributed by atoms with Crippen LogP contribution in [0.5, 0.6) is 0 Å². The predicted molar refractivity (Wildman–Crippen MR) is 95.8 cm³/mol. The zero-order valence-corrected chi connectivity index (χ0v) is 13.9. The van der Waals surface area contributed by atoms with Crippen molar-refractivity contribution in [3.05, 3.63) is 71.8 Å². The Morgan fingerprint density at radius 2 is 1.50 bits per heavy atom. The van der Waals surface area contributed by atoms with Crippen LogP contribution >= 0.6 is 0 Å². The van der Waals surface area contributed by atoms with Crippen LogP contribution in [0.4, 0.5) is 0 Å². The van der Waals surface area contributed by atoms with E-state index < -0.39 is 11.7 Å². The Morgan fingerprint density at radius 1 is 0.917 bits per heavy atom. The normalized spacial score (nSPS) is 18.1. The lowest BCUT2D eigenvalue weighted by molar-refractivity contribution is -0.0630. The van der Waals surface area contributed by atoms with E-state index in [1.807, 2.05) is 60.7 Å². The van der Waals surface area contributed by atoms with Gasteiger partial charge in [0.1, 0.15) is 11.7 Å². The van der Waals surface area contributed by atoms with Gasteiger partial charge in [-0.05, 0) is 30.6 Å². The molecule has 0 amide bonds. The molecule has 1 unspecified atom stereocenters. The van der Waals surface area contributed by atoms with Crippen molar-refractivity contribution in [1.29, 1.82) is 0 Å². The van der Waals surface area contributed by atoms with Gasteiger partial charge in [-0.3, -0.25) is 4.90 Å². The van der Waals surface area contributed by atoms with Crippen LogP contribution < -0.4 is 5.32 Å². The SMILES string of the molecule is OC(CN1CCCNCC1)C(O)(c1ccccc1)c1ccccc1. The van der Waals surface area contributed by atoms with E-state index >= 15 is 0 Å². The molecule has 3 N–H and O–H groups in total. The van der Waals surface area contributed by atoms with Gasteiger partial charge < -0.3 is 15.5 Å². The first kappa shape index (κ1) is 17.1. The summed E-state index contributed by atoms with van der Waals surface area (Å²) in [5, 5.41) is 25.9. The fourth-order valence-corrected chi connectivity index (χ4v) is 3.40. The van der Waals surface area contributed by atoms with E-state index in [-0.39, 0.29) is 0 Å². The van der Waals surface area contributed by atoms with Gasteiger partial charge >= 0.3 is 0 Å². The van der Waals surface area contributed by atoms with Crippen LogP contribution in [0.25, 0.3) is 0 Å². The van der Waals surface area contributed by atoms with Gasteiger partial charge in [-0.2, -0.15) is 0 Å². The molecule has 3 rings (SSSR count). The van der Waals surface area contributed by atoms with E-state index in [9.17, 15) is 10.2 Å². The van der Waals surface area contributed by atoms with E-state index in [1.54, 1.807) is 0 Å². The van der Waals surface area contributed by atoms with Gasteiger partial charge in [-0.15, -0.1) is 0 Å². The second-order valence-corrected chi connectivity index (χ2v) is 6.42. The summed E-state index contributed by atoms with van der Waals surface area (Å²) >= 11 is 0. The Balaban J connectivity index is 1.89. The Morgan fingerprint density at radius 3 is 2.08 bits per heavy atom. The van der Waals surface area contributed by atoms with E-state index in [4.69, 9.17) is 0 Å². The third-order valence-corrected chi connectivity index (χ3v) is 4.77. The first-order valence-electron chi connectivity index (χ1n) is 8.66. The topological polar surface area (TPSA) is 55.7 Å². The molecule has 128 valence electrons. The Kier molecular flexibility index (Phi) is 5.63. The van der Waals surface area contributed by atoms with Gasteiger partial charge in [-0.25, -0.2) is 0 Å². The lowest BCUT2D eigenvalue weighted by Gasteiger charge is -2.36. The standard InChI is InChI=1S/C20H26N2O2/c23-19(16-22-14-7-12-21-13-15-22)20(24,17-8-3-1-4-9-17)18-10-5-2-6-11-18/h1-6,8-11,19,21,23-24H,7,12-16H2. The molecular weight excluding hydrogens is 300 g/mol. The molecule has 0 spiro atoms. The van der Waals surface area contributed by atoms with Crippen molar-refractivity contribution in [3.63, 3.8) is 0 Å². The molecule has 1 saturated heterocycles. The van der Waals surface area contributed by atoms with Crippen molar-refractivity contribution in [2.75, 3.05) is 32.7 Å². The molecule has 0 saturated carbocycles. The number of benzene rings is 2. The van der Waals surface area contributed by atoms with Gasteiger partial charge in [0.15, 0.2) is 0 Å². The molecule has 24 heavy (non-hydrogen) atoms. The lowest BCUT2D eigenvalue weighted by atomic mass is 9.81. The maximum atomic E-state index is 11.5.